The molecule has 86 valence electrons. The van der Waals surface area contributed by atoms with Crippen molar-refractivity contribution >= 4 is 26.7 Å². The molecule has 0 aliphatic carbocycles. The van der Waals surface area contributed by atoms with Crippen molar-refractivity contribution in [1.29, 1.82) is 0 Å². The topological polar surface area (TPSA) is 20.2 Å². The van der Waals surface area contributed by atoms with Crippen molar-refractivity contribution in [3.63, 3.8) is 0 Å². The van der Waals surface area contributed by atoms with Gasteiger partial charge in [-0.2, -0.15) is 0 Å². The average Bonchev–Trinajstić information content (AvgIpc) is 2.35. The first kappa shape index (κ1) is 12.2. The SMILES string of the molecule is C#CCCC(O)c1ccc2cc(Br)ccc2c1. The van der Waals surface area contributed by atoms with Crippen LogP contribution in [0.15, 0.2) is 40.9 Å². The van der Waals surface area contributed by atoms with Gasteiger partial charge in [0.05, 0.1) is 6.10 Å². The lowest BCUT2D eigenvalue weighted by atomic mass is 10.0. The predicted molar refractivity (Wildman–Crippen MR) is 74.7 cm³/mol. The second-order valence-electron chi connectivity index (χ2n) is 4.01. The van der Waals surface area contributed by atoms with Crippen LogP contribution in [0, 0.1) is 12.3 Å². The summed E-state index contributed by atoms with van der Waals surface area (Å²) in [6, 6.07) is 12.1. The van der Waals surface area contributed by atoms with Gasteiger partial charge in [0.1, 0.15) is 0 Å². The van der Waals surface area contributed by atoms with E-state index >= 15 is 0 Å². The zero-order chi connectivity index (χ0) is 12.3. The lowest BCUT2D eigenvalue weighted by Crippen LogP contribution is -1.96. The molecule has 2 aromatic rings. The number of rotatable bonds is 3. The van der Waals surface area contributed by atoms with E-state index in [1.54, 1.807) is 0 Å². The zero-order valence-electron chi connectivity index (χ0n) is 9.36. The molecule has 0 aliphatic rings. The number of terminal acetylenes is 1. The Balaban J connectivity index is 2.32. The third-order valence-electron chi connectivity index (χ3n) is 2.77. The molecular weight excluding hydrogens is 276 g/mol. The fourth-order valence-electron chi connectivity index (χ4n) is 1.83. The molecule has 2 aromatic carbocycles. The van der Waals surface area contributed by atoms with E-state index in [2.05, 4.69) is 27.9 Å². The highest BCUT2D eigenvalue weighted by Crippen LogP contribution is 2.25. The summed E-state index contributed by atoms with van der Waals surface area (Å²) in [4.78, 5) is 0. The molecule has 0 saturated carbocycles. The van der Waals surface area contributed by atoms with E-state index in [-0.39, 0.29) is 0 Å². The number of fused-ring (bicyclic) bond motifs is 1. The summed E-state index contributed by atoms with van der Waals surface area (Å²) in [5.41, 5.74) is 0.926. The second-order valence-corrected chi connectivity index (χ2v) is 4.93. The van der Waals surface area contributed by atoms with E-state index in [4.69, 9.17) is 6.42 Å². The molecule has 1 unspecified atom stereocenters. The first-order valence-corrected chi connectivity index (χ1v) is 6.31. The Morgan fingerprint density at radius 2 is 1.88 bits per heavy atom. The minimum atomic E-state index is -0.473. The molecule has 0 bridgehead atoms. The number of halogens is 1. The molecule has 0 heterocycles. The summed E-state index contributed by atoms with van der Waals surface area (Å²) in [6.45, 7) is 0. The maximum atomic E-state index is 9.96. The quantitative estimate of drug-likeness (QED) is 0.845. The summed E-state index contributed by atoms with van der Waals surface area (Å²) >= 11 is 3.44. The van der Waals surface area contributed by atoms with Gasteiger partial charge in [0.25, 0.3) is 0 Å². The Labute approximate surface area is 110 Å². The van der Waals surface area contributed by atoms with E-state index in [0.717, 1.165) is 20.8 Å². The van der Waals surface area contributed by atoms with Gasteiger partial charge in [0.2, 0.25) is 0 Å². The van der Waals surface area contributed by atoms with Crippen LogP contribution in [0.5, 0.6) is 0 Å². The van der Waals surface area contributed by atoms with Gasteiger partial charge in [-0.05, 0) is 41.0 Å². The van der Waals surface area contributed by atoms with Crippen LogP contribution in [0.2, 0.25) is 0 Å². The molecule has 0 saturated heterocycles. The van der Waals surface area contributed by atoms with Crippen molar-refractivity contribution in [2.75, 3.05) is 0 Å². The summed E-state index contributed by atoms with van der Waals surface area (Å²) in [5.74, 6) is 2.55. The third kappa shape index (κ3) is 2.88. The average molecular weight is 289 g/mol. The highest BCUT2D eigenvalue weighted by Gasteiger charge is 2.07. The Morgan fingerprint density at radius 3 is 2.65 bits per heavy atom. The van der Waals surface area contributed by atoms with Gasteiger partial charge in [-0.1, -0.05) is 34.1 Å². The molecule has 1 atom stereocenters. The fourth-order valence-corrected chi connectivity index (χ4v) is 2.21. The fraction of sp³-hybridized carbons (Fsp3) is 0.200. The van der Waals surface area contributed by atoms with Crippen LogP contribution in [0.1, 0.15) is 24.5 Å². The molecule has 2 rings (SSSR count). The predicted octanol–water partition coefficient (Wildman–Crippen LogP) is 4.05. The van der Waals surface area contributed by atoms with Crippen LogP contribution in [-0.4, -0.2) is 5.11 Å². The van der Waals surface area contributed by atoms with Gasteiger partial charge in [0, 0.05) is 10.9 Å². The smallest absolute Gasteiger partial charge is 0.0799 e. The Hall–Kier alpha value is -1.30. The first-order chi connectivity index (χ1) is 8.20. The summed E-state index contributed by atoms with van der Waals surface area (Å²) in [5, 5.41) is 12.3. The van der Waals surface area contributed by atoms with Crippen molar-refractivity contribution in [2.45, 2.75) is 18.9 Å². The van der Waals surface area contributed by atoms with Crippen LogP contribution < -0.4 is 0 Å². The molecular formula is C15H13BrO. The van der Waals surface area contributed by atoms with Crippen molar-refractivity contribution in [3.05, 3.63) is 46.4 Å². The van der Waals surface area contributed by atoms with Crippen LogP contribution in [0.4, 0.5) is 0 Å². The van der Waals surface area contributed by atoms with Gasteiger partial charge >= 0.3 is 0 Å². The van der Waals surface area contributed by atoms with E-state index in [0.29, 0.717) is 12.8 Å². The summed E-state index contributed by atoms with van der Waals surface area (Å²) in [6.07, 6.45) is 5.93. The van der Waals surface area contributed by atoms with E-state index in [1.807, 2.05) is 30.3 Å². The van der Waals surface area contributed by atoms with Crippen molar-refractivity contribution in [1.82, 2.24) is 0 Å². The largest absolute Gasteiger partial charge is 0.388 e. The van der Waals surface area contributed by atoms with Crippen LogP contribution >= 0.6 is 15.9 Å². The monoisotopic (exact) mass is 288 g/mol. The Bertz CT molecular complexity index is 569. The van der Waals surface area contributed by atoms with Gasteiger partial charge in [-0.15, -0.1) is 12.3 Å². The van der Waals surface area contributed by atoms with Gasteiger partial charge in [0.15, 0.2) is 0 Å². The molecule has 0 fully saturated rings. The Kier molecular flexibility index (Phi) is 3.83. The molecule has 0 spiro atoms. The third-order valence-corrected chi connectivity index (χ3v) is 3.27. The molecule has 0 aliphatic heterocycles. The van der Waals surface area contributed by atoms with Crippen LogP contribution in [0.3, 0.4) is 0 Å². The molecule has 0 radical (unpaired) electrons. The van der Waals surface area contributed by atoms with Gasteiger partial charge < -0.3 is 5.11 Å². The maximum absolute atomic E-state index is 9.96. The van der Waals surface area contributed by atoms with E-state index in [1.165, 1.54) is 0 Å². The first-order valence-electron chi connectivity index (χ1n) is 5.51. The second kappa shape index (κ2) is 5.35. The van der Waals surface area contributed by atoms with Crippen LogP contribution in [-0.2, 0) is 0 Å². The van der Waals surface area contributed by atoms with Crippen molar-refractivity contribution in [2.24, 2.45) is 0 Å². The van der Waals surface area contributed by atoms with Gasteiger partial charge in [-0.25, -0.2) is 0 Å². The molecule has 2 heteroatoms. The van der Waals surface area contributed by atoms with E-state index < -0.39 is 6.10 Å². The van der Waals surface area contributed by atoms with Crippen molar-refractivity contribution in [3.8, 4) is 12.3 Å². The number of aliphatic hydroxyl groups is 1. The summed E-state index contributed by atoms with van der Waals surface area (Å²) in [7, 11) is 0. The lowest BCUT2D eigenvalue weighted by molar-refractivity contribution is 0.169. The minimum Gasteiger partial charge on any atom is -0.388 e. The number of hydrogen-bond donors (Lipinski definition) is 1. The molecule has 1 N–H and O–H groups in total. The molecule has 0 aromatic heterocycles. The van der Waals surface area contributed by atoms with Crippen molar-refractivity contribution < 1.29 is 5.11 Å². The number of aliphatic hydroxyl groups excluding tert-OH is 1. The normalized spacial score (nSPS) is 12.3. The standard InChI is InChI=1S/C15H13BrO/c1-2-3-4-15(17)13-6-5-12-10-14(16)8-7-11(12)9-13/h1,5-10,15,17H,3-4H2. The highest BCUT2D eigenvalue weighted by molar-refractivity contribution is 9.10. The lowest BCUT2D eigenvalue weighted by Gasteiger charge is -2.10. The Morgan fingerprint density at radius 1 is 1.18 bits per heavy atom. The minimum absolute atomic E-state index is 0.473. The summed E-state index contributed by atoms with van der Waals surface area (Å²) < 4.78 is 1.06. The molecule has 17 heavy (non-hydrogen) atoms. The number of benzene rings is 2. The van der Waals surface area contributed by atoms with E-state index in [9.17, 15) is 5.11 Å². The molecule has 0 amide bonds. The number of hydrogen-bond acceptors (Lipinski definition) is 1. The highest BCUT2D eigenvalue weighted by atomic mass is 79.9. The van der Waals surface area contributed by atoms with Crippen LogP contribution in [0.25, 0.3) is 10.8 Å². The maximum Gasteiger partial charge on any atom is 0.0799 e. The zero-order valence-corrected chi connectivity index (χ0v) is 10.9. The van der Waals surface area contributed by atoms with Gasteiger partial charge in [-0.3, -0.25) is 0 Å². The molecule has 1 nitrogen and oxygen atoms in total.